The number of benzene rings is 1. The minimum atomic E-state index is -0.716. The Balaban J connectivity index is 0.00000361. The Morgan fingerprint density at radius 3 is 2.65 bits per heavy atom. The van der Waals surface area contributed by atoms with Gasteiger partial charge in [0.15, 0.2) is 0 Å². The van der Waals surface area contributed by atoms with Gasteiger partial charge in [0, 0.05) is 19.3 Å². The minimum Gasteiger partial charge on any atom is -0.462 e. The third-order valence-corrected chi connectivity index (χ3v) is 2.43. The molecule has 1 amide bonds. The van der Waals surface area contributed by atoms with Crippen molar-refractivity contribution in [2.75, 3.05) is 25.6 Å². The number of nitrogens with one attached hydrogen (secondary N) is 1. The van der Waals surface area contributed by atoms with E-state index in [0.717, 1.165) is 0 Å². The highest BCUT2D eigenvalue weighted by Crippen LogP contribution is 2.12. The van der Waals surface area contributed by atoms with Crippen LogP contribution in [0.25, 0.3) is 0 Å². The van der Waals surface area contributed by atoms with Crippen molar-refractivity contribution in [3.05, 3.63) is 29.8 Å². The maximum Gasteiger partial charge on any atom is 0.338 e. The maximum atomic E-state index is 11.7. The van der Waals surface area contributed by atoms with Crippen molar-refractivity contribution >= 4 is 30.0 Å². The quantitative estimate of drug-likeness (QED) is 0.771. The van der Waals surface area contributed by atoms with Gasteiger partial charge in [-0.2, -0.15) is 0 Å². The van der Waals surface area contributed by atoms with Gasteiger partial charge in [0.05, 0.1) is 12.2 Å². The molecule has 3 N–H and O–H groups in total. The highest BCUT2D eigenvalue weighted by Gasteiger charge is 2.16. The Kier molecular flexibility index (Phi) is 8.54. The van der Waals surface area contributed by atoms with Crippen LogP contribution in [0.15, 0.2) is 24.3 Å². The molecule has 1 unspecified atom stereocenters. The number of halogens is 1. The van der Waals surface area contributed by atoms with Gasteiger partial charge in [-0.05, 0) is 25.1 Å². The topological polar surface area (TPSA) is 90.7 Å². The van der Waals surface area contributed by atoms with Crippen molar-refractivity contribution in [2.24, 2.45) is 5.73 Å². The summed E-state index contributed by atoms with van der Waals surface area (Å²) in [5, 5.41) is 2.63. The van der Waals surface area contributed by atoms with E-state index in [1.165, 1.54) is 7.11 Å². The predicted octanol–water partition coefficient (Wildman–Crippen LogP) is 1.20. The fraction of sp³-hybridized carbons (Fsp3) is 0.385. The Hall–Kier alpha value is -1.63. The maximum absolute atomic E-state index is 11.7. The van der Waals surface area contributed by atoms with E-state index in [1.54, 1.807) is 31.2 Å². The van der Waals surface area contributed by atoms with Crippen molar-refractivity contribution in [1.29, 1.82) is 0 Å². The molecule has 0 radical (unpaired) electrons. The largest absolute Gasteiger partial charge is 0.462 e. The van der Waals surface area contributed by atoms with Crippen molar-refractivity contribution in [3.63, 3.8) is 0 Å². The van der Waals surface area contributed by atoms with Gasteiger partial charge >= 0.3 is 5.97 Å². The van der Waals surface area contributed by atoms with Crippen molar-refractivity contribution in [2.45, 2.75) is 13.0 Å². The molecule has 0 aromatic heterocycles. The minimum absolute atomic E-state index is 0. The van der Waals surface area contributed by atoms with Gasteiger partial charge in [-0.25, -0.2) is 4.79 Å². The van der Waals surface area contributed by atoms with Gasteiger partial charge in [0.1, 0.15) is 6.10 Å². The molecular weight excluding hydrogens is 284 g/mol. The molecule has 0 bridgehead atoms. The SMILES string of the molecule is CCOC(=O)c1cccc(NC(=O)C(CN)OC)c1.Cl. The molecule has 1 aromatic rings. The molecule has 0 saturated heterocycles. The lowest BCUT2D eigenvalue weighted by Gasteiger charge is -2.13. The Labute approximate surface area is 124 Å². The van der Waals surface area contributed by atoms with Gasteiger partial charge in [-0.1, -0.05) is 6.07 Å². The summed E-state index contributed by atoms with van der Waals surface area (Å²) in [5.74, 6) is -0.785. The van der Waals surface area contributed by atoms with Crippen LogP contribution in [0, 0.1) is 0 Å². The molecule has 6 nitrogen and oxygen atoms in total. The van der Waals surface area contributed by atoms with E-state index in [4.69, 9.17) is 15.2 Å². The highest BCUT2D eigenvalue weighted by atomic mass is 35.5. The van der Waals surface area contributed by atoms with E-state index >= 15 is 0 Å². The zero-order chi connectivity index (χ0) is 14.3. The van der Waals surface area contributed by atoms with Gasteiger partial charge in [-0.15, -0.1) is 12.4 Å². The first-order valence-corrected chi connectivity index (χ1v) is 5.93. The fourth-order valence-electron chi connectivity index (χ4n) is 1.47. The van der Waals surface area contributed by atoms with Crippen LogP contribution in [-0.2, 0) is 14.3 Å². The number of carbonyl (C=O) groups excluding carboxylic acids is 2. The number of amides is 1. The summed E-state index contributed by atoms with van der Waals surface area (Å²) in [6, 6.07) is 6.49. The first kappa shape index (κ1) is 18.4. The molecule has 0 aliphatic carbocycles. The standard InChI is InChI=1S/C13H18N2O4.ClH/c1-3-19-13(17)9-5-4-6-10(7-9)15-12(16)11(8-14)18-2;/h4-7,11H,3,8,14H2,1-2H3,(H,15,16);1H. The average molecular weight is 303 g/mol. The van der Waals surface area contributed by atoms with E-state index in [-0.39, 0.29) is 24.9 Å². The van der Waals surface area contributed by atoms with Crippen molar-refractivity contribution in [3.8, 4) is 0 Å². The van der Waals surface area contributed by atoms with E-state index in [2.05, 4.69) is 5.32 Å². The number of ether oxygens (including phenoxy) is 2. The summed E-state index contributed by atoms with van der Waals surface area (Å²) in [5.41, 5.74) is 6.26. The summed E-state index contributed by atoms with van der Waals surface area (Å²) < 4.78 is 9.80. The van der Waals surface area contributed by atoms with Crippen LogP contribution in [0.3, 0.4) is 0 Å². The van der Waals surface area contributed by atoms with E-state index in [1.807, 2.05) is 0 Å². The molecule has 0 saturated carbocycles. The summed E-state index contributed by atoms with van der Waals surface area (Å²) >= 11 is 0. The van der Waals surface area contributed by atoms with Crippen LogP contribution in [0.4, 0.5) is 5.69 Å². The van der Waals surface area contributed by atoms with Gasteiger partial charge in [0.2, 0.25) is 0 Å². The normalized spacial score (nSPS) is 11.2. The van der Waals surface area contributed by atoms with Gasteiger partial charge < -0.3 is 20.5 Å². The summed E-state index contributed by atoms with van der Waals surface area (Å²) in [6.07, 6.45) is -0.716. The third kappa shape index (κ3) is 5.16. The second-order valence-electron chi connectivity index (χ2n) is 3.75. The Bertz CT molecular complexity index is 450. The molecule has 112 valence electrons. The van der Waals surface area contributed by atoms with E-state index in [9.17, 15) is 9.59 Å². The average Bonchev–Trinajstić information content (AvgIpc) is 2.40. The molecule has 1 rings (SSSR count). The zero-order valence-electron chi connectivity index (χ0n) is 11.4. The lowest BCUT2D eigenvalue weighted by atomic mass is 10.2. The number of hydrogen-bond donors (Lipinski definition) is 2. The van der Waals surface area contributed by atoms with Crippen LogP contribution in [0.1, 0.15) is 17.3 Å². The first-order valence-electron chi connectivity index (χ1n) is 5.93. The molecule has 1 atom stereocenters. The van der Waals surface area contributed by atoms with Crippen LogP contribution in [0.2, 0.25) is 0 Å². The fourth-order valence-corrected chi connectivity index (χ4v) is 1.47. The number of carbonyl (C=O) groups is 2. The monoisotopic (exact) mass is 302 g/mol. The second-order valence-corrected chi connectivity index (χ2v) is 3.75. The molecule has 0 aliphatic rings. The molecule has 0 spiro atoms. The molecule has 7 heteroatoms. The zero-order valence-corrected chi connectivity index (χ0v) is 12.2. The van der Waals surface area contributed by atoms with Gasteiger partial charge in [-0.3, -0.25) is 4.79 Å². The number of rotatable bonds is 6. The number of methoxy groups -OCH3 is 1. The molecule has 0 fully saturated rings. The van der Waals surface area contributed by atoms with E-state index in [0.29, 0.717) is 17.9 Å². The molecular formula is C13H19ClN2O4. The first-order chi connectivity index (χ1) is 9.12. The van der Waals surface area contributed by atoms with E-state index < -0.39 is 12.1 Å². The number of nitrogens with two attached hydrogens (primary N) is 1. The summed E-state index contributed by atoms with van der Waals surface area (Å²) in [4.78, 5) is 23.3. The van der Waals surface area contributed by atoms with Crippen molar-refractivity contribution in [1.82, 2.24) is 0 Å². The molecule has 1 aromatic carbocycles. The lowest BCUT2D eigenvalue weighted by Crippen LogP contribution is -2.35. The molecule has 0 heterocycles. The predicted molar refractivity (Wildman–Crippen MR) is 78.1 cm³/mol. The van der Waals surface area contributed by atoms with Crippen LogP contribution < -0.4 is 11.1 Å². The van der Waals surface area contributed by atoms with Crippen LogP contribution >= 0.6 is 12.4 Å². The van der Waals surface area contributed by atoms with Gasteiger partial charge in [0.25, 0.3) is 5.91 Å². The van der Waals surface area contributed by atoms with Crippen molar-refractivity contribution < 1.29 is 19.1 Å². The smallest absolute Gasteiger partial charge is 0.338 e. The second kappa shape index (κ2) is 9.30. The number of hydrogen-bond acceptors (Lipinski definition) is 5. The molecule has 0 aliphatic heterocycles. The Morgan fingerprint density at radius 2 is 2.10 bits per heavy atom. The number of anilines is 1. The Morgan fingerprint density at radius 1 is 1.40 bits per heavy atom. The number of esters is 1. The highest BCUT2D eigenvalue weighted by molar-refractivity contribution is 5.96. The summed E-state index contributed by atoms with van der Waals surface area (Å²) in [6.45, 7) is 2.11. The van der Waals surface area contributed by atoms with Crippen LogP contribution in [-0.4, -0.2) is 38.2 Å². The third-order valence-electron chi connectivity index (χ3n) is 2.43. The summed E-state index contributed by atoms with van der Waals surface area (Å²) in [7, 11) is 1.41. The molecule has 20 heavy (non-hydrogen) atoms. The van der Waals surface area contributed by atoms with Crippen LogP contribution in [0.5, 0.6) is 0 Å². The lowest BCUT2D eigenvalue weighted by molar-refractivity contribution is -0.125.